The largest absolute Gasteiger partial charge is 0.496 e. The number of methoxy groups -OCH3 is 1. The van der Waals surface area contributed by atoms with Crippen LogP contribution < -0.4 is 10.3 Å². The zero-order chi connectivity index (χ0) is 17.4. The number of fused-ring (bicyclic) bond motifs is 1. The van der Waals surface area contributed by atoms with Gasteiger partial charge in [0.15, 0.2) is 5.65 Å². The van der Waals surface area contributed by atoms with E-state index in [-0.39, 0.29) is 11.5 Å². The van der Waals surface area contributed by atoms with E-state index < -0.39 is 0 Å². The Hall–Kier alpha value is -3.07. The molecule has 0 amide bonds. The van der Waals surface area contributed by atoms with Crippen molar-refractivity contribution in [1.29, 1.82) is 5.26 Å². The van der Waals surface area contributed by atoms with Gasteiger partial charge in [0.05, 0.1) is 19.0 Å². The summed E-state index contributed by atoms with van der Waals surface area (Å²) in [5.74, 6) is 0.743. The van der Waals surface area contributed by atoms with Crippen molar-refractivity contribution in [2.75, 3.05) is 7.11 Å². The van der Waals surface area contributed by atoms with Gasteiger partial charge in [-0.05, 0) is 24.5 Å². The maximum atomic E-state index is 12.9. The third kappa shape index (κ3) is 2.35. The Bertz CT molecular complexity index is 1020. The van der Waals surface area contributed by atoms with Crippen LogP contribution in [0.15, 0.2) is 29.2 Å². The molecule has 24 heavy (non-hydrogen) atoms. The van der Waals surface area contributed by atoms with Crippen molar-refractivity contribution in [2.45, 2.75) is 26.7 Å². The monoisotopic (exact) mass is 322 g/mol. The molecule has 0 aliphatic carbocycles. The van der Waals surface area contributed by atoms with Gasteiger partial charge in [0.25, 0.3) is 5.56 Å². The number of rotatable bonds is 3. The number of nitrogens with one attached hydrogen (secondary N) is 1. The number of nitriles is 1. The highest BCUT2D eigenvalue weighted by Gasteiger charge is 2.19. The Kier molecular flexibility index (Phi) is 3.86. The molecule has 0 atom stereocenters. The lowest BCUT2D eigenvalue weighted by molar-refractivity contribution is 0.412. The van der Waals surface area contributed by atoms with Gasteiger partial charge in [-0.1, -0.05) is 26.0 Å². The second-order valence-electron chi connectivity index (χ2n) is 5.99. The fourth-order valence-corrected chi connectivity index (χ4v) is 2.85. The van der Waals surface area contributed by atoms with Crippen LogP contribution in [-0.2, 0) is 0 Å². The van der Waals surface area contributed by atoms with E-state index in [1.54, 1.807) is 7.11 Å². The summed E-state index contributed by atoms with van der Waals surface area (Å²) in [5.41, 5.74) is 3.70. The number of aryl methyl sites for hydroxylation is 1. The third-order valence-electron chi connectivity index (χ3n) is 4.10. The van der Waals surface area contributed by atoms with Crippen LogP contribution in [0.2, 0.25) is 0 Å². The van der Waals surface area contributed by atoms with Crippen LogP contribution in [0.25, 0.3) is 16.9 Å². The van der Waals surface area contributed by atoms with Gasteiger partial charge in [0, 0.05) is 11.1 Å². The number of aromatic nitrogens is 3. The fraction of sp³-hybridized carbons (Fsp3) is 0.278. The summed E-state index contributed by atoms with van der Waals surface area (Å²) in [7, 11) is 1.62. The highest BCUT2D eigenvalue weighted by molar-refractivity contribution is 5.69. The first-order chi connectivity index (χ1) is 11.5. The number of nitrogens with zero attached hydrogens (tertiary/aromatic N) is 3. The number of hydrogen-bond donors (Lipinski definition) is 1. The molecule has 3 aromatic rings. The van der Waals surface area contributed by atoms with Crippen LogP contribution in [-0.4, -0.2) is 21.7 Å². The summed E-state index contributed by atoms with van der Waals surface area (Å²) in [6, 6.07) is 7.84. The molecule has 0 bridgehead atoms. The first-order valence-corrected chi connectivity index (χ1v) is 7.67. The van der Waals surface area contributed by atoms with Crippen molar-refractivity contribution >= 4 is 5.65 Å². The molecule has 0 fully saturated rings. The first-order valence-electron chi connectivity index (χ1n) is 7.67. The Morgan fingerprint density at radius 3 is 2.75 bits per heavy atom. The summed E-state index contributed by atoms with van der Waals surface area (Å²) in [6.45, 7) is 5.88. The van der Waals surface area contributed by atoms with Crippen LogP contribution in [0.5, 0.6) is 5.75 Å². The van der Waals surface area contributed by atoms with E-state index in [4.69, 9.17) is 4.74 Å². The molecule has 0 aliphatic rings. The first kappa shape index (κ1) is 15.8. The topological polar surface area (TPSA) is 83.2 Å². The van der Waals surface area contributed by atoms with E-state index in [0.29, 0.717) is 22.5 Å². The van der Waals surface area contributed by atoms with Gasteiger partial charge in [-0.15, -0.1) is 0 Å². The predicted molar refractivity (Wildman–Crippen MR) is 91.3 cm³/mol. The summed E-state index contributed by atoms with van der Waals surface area (Å²) in [6.07, 6.45) is 1.40. The molecule has 3 rings (SSSR count). The van der Waals surface area contributed by atoms with E-state index in [9.17, 15) is 10.1 Å². The quantitative estimate of drug-likeness (QED) is 0.803. The molecule has 1 N–H and O–H groups in total. The molecule has 0 unspecified atom stereocenters. The van der Waals surface area contributed by atoms with Crippen LogP contribution >= 0.6 is 0 Å². The normalized spacial score (nSPS) is 11.0. The molecule has 122 valence electrons. The van der Waals surface area contributed by atoms with Gasteiger partial charge in [0.2, 0.25) is 0 Å². The van der Waals surface area contributed by atoms with Crippen LogP contribution in [0, 0.1) is 18.3 Å². The van der Waals surface area contributed by atoms with Gasteiger partial charge in [0.1, 0.15) is 17.4 Å². The lowest BCUT2D eigenvalue weighted by atomic mass is 9.97. The lowest BCUT2D eigenvalue weighted by Crippen LogP contribution is -2.22. The van der Waals surface area contributed by atoms with E-state index in [1.165, 1.54) is 10.7 Å². The molecule has 6 heteroatoms. The number of aromatic amines is 1. The second kappa shape index (κ2) is 5.85. The lowest BCUT2D eigenvalue weighted by Gasteiger charge is -2.14. The Morgan fingerprint density at radius 2 is 2.12 bits per heavy atom. The van der Waals surface area contributed by atoms with E-state index in [1.807, 2.05) is 39.0 Å². The van der Waals surface area contributed by atoms with Gasteiger partial charge >= 0.3 is 0 Å². The summed E-state index contributed by atoms with van der Waals surface area (Å²) in [4.78, 5) is 16.1. The van der Waals surface area contributed by atoms with Crippen LogP contribution in [0.3, 0.4) is 0 Å². The highest BCUT2D eigenvalue weighted by atomic mass is 16.5. The highest BCUT2D eigenvalue weighted by Crippen LogP contribution is 2.30. The van der Waals surface area contributed by atoms with E-state index >= 15 is 0 Å². The van der Waals surface area contributed by atoms with Crippen LogP contribution in [0.1, 0.15) is 36.5 Å². The SMILES string of the molecule is COc1cc(-c2[nH]c3c(C#N)cnn3c(=O)c2C(C)C)ccc1C. The molecule has 0 spiro atoms. The minimum absolute atomic E-state index is 0.00446. The molecule has 2 aromatic heterocycles. The molecule has 0 saturated heterocycles. The molecule has 0 aliphatic heterocycles. The van der Waals surface area contributed by atoms with E-state index in [2.05, 4.69) is 16.2 Å². The smallest absolute Gasteiger partial charge is 0.278 e. The number of H-pyrrole nitrogens is 1. The van der Waals surface area contributed by atoms with Crippen LogP contribution in [0.4, 0.5) is 0 Å². The molecule has 0 saturated carbocycles. The molecule has 6 nitrogen and oxygen atoms in total. The Morgan fingerprint density at radius 1 is 1.38 bits per heavy atom. The summed E-state index contributed by atoms with van der Waals surface area (Å²) >= 11 is 0. The Labute approximate surface area is 139 Å². The van der Waals surface area contributed by atoms with Gasteiger partial charge in [-0.3, -0.25) is 4.79 Å². The molecule has 2 heterocycles. The van der Waals surface area contributed by atoms with Gasteiger partial charge in [-0.2, -0.15) is 14.9 Å². The molecular formula is C18H18N4O2. The van der Waals surface area contributed by atoms with Crippen molar-refractivity contribution in [3.63, 3.8) is 0 Å². The van der Waals surface area contributed by atoms with Crippen molar-refractivity contribution in [3.05, 3.63) is 51.4 Å². The average molecular weight is 322 g/mol. The zero-order valence-corrected chi connectivity index (χ0v) is 14.0. The molecule has 1 aromatic carbocycles. The summed E-state index contributed by atoms with van der Waals surface area (Å²) < 4.78 is 6.65. The zero-order valence-electron chi connectivity index (χ0n) is 14.0. The number of ether oxygens (including phenoxy) is 1. The predicted octanol–water partition coefficient (Wildman–Crippen LogP) is 3.00. The average Bonchev–Trinajstić information content (AvgIpc) is 2.98. The van der Waals surface area contributed by atoms with Crippen molar-refractivity contribution in [2.24, 2.45) is 0 Å². The van der Waals surface area contributed by atoms with Crippen molar-refractivity contribution in [3.8, 4) is 23.1 Å². The third-order valence-corrected chi connectivity index (χ3v) is 4.10. The standard InChI is InChI=1S/C18H18N4O2/c1-10(2)15-16(12-6-5-11(3)14(7-12)24-4)21-17-13(8-19)9-20-22(17)18(15)23/h5-7,9-10,21H,1-4H3. The van der Waals surface area contributed by atoms with Gasteiger partial charge < -0.3 is 9.72 Å². The maximum absolute atomic E-state index is 12.9. The minimum atomic E-state index is -0.213. The van der Waals surface area contributed by atoms with Crippen molar-refractivity contribution in [1.82, 2.24) is 14.6 Å². The summed E-state index contributed by atoms with van der Waals surface area (Å²) in [5, 5.41) is 13.3. The van der Waals surface area contributed by atoms with E-state index in [0.717, 1.165) is 16.9 Å². The number of benzene rings is 1. The molecule has 0 radical (unpaired) electrons. The number of hydrogen-bond acceptors (Lipinski definition) is 4. The van der Waals surface area contributed by atoms with Crippen molar-refractivity contribution < 1.29 is 4.74 Å². The van der Waals surface area contributed by atoms with Gasteiger partial charge in [-0.25, -0.2) is 0 Å². The fourth-order valence-electron chi connectivity index (χ4n) is 2.85. The Balaban J connectivity index is 2.40. The molecular weight excluding hydrogens is 304 g/mol. The second-order valence-corrected chi connectivity index (χ2v) is 5.99. The minimum Gasteiger partial charge on any atom is -0.496 e. The maximum Gasteiger partial charge on any atom is 0.278 e.